The van der Waals surface area contributed by atoms with Crippen LogP contribution in [0.2, 0.25) is 0 Å². The Labute approximate surface area is 178 Å². The van der Waals surface area contributed by atoms with Gasteiger partial charge in [-0.05, 0) is 46.1 Å². The predicted octanol–water partition coefficient (Wildman–Crippen LogP) is 3.45. The fraction of sp³-hybridized carbons (Fsp3) is 0.286. The van der Waals surface area contributed by atoms with E-state index in [1.165, 1.54) is 17.3 Å². The molecule has 0 saturated heterocycles. The lowest BCUT2D eigenvalue weighted by atomic mass is 10.1. The highest BCUT2D eigenvalue weighted by Crippen LogP contribution is 2.20. The molecule has 0 spiro atoms. The van der Waals surface area contributed by atoms with Gasteiger partial charge in [-0.15, -0.1) is 5.10 Å². The summed E-state index contributed by atoms with van der Waals surface area (Å²) in [5.41, 5.74) is 5.37. The van der Waals surface area contributed by atoms with Gasteiger partial charge in [-0.2, -0.15) is 10.1 Å². The van der Waals surface area contributed by atoms with E-state index in [4.69, 9.17) is 0 Å². The Hall–Kier alpha value is -3.20. The summed E-state index contributed by atoms with van der Waals surface area (Å²) >= 11 is 1.46. The first kappa shape index (κ1) is 20.1. The Kier molecular flexibility index (Phi) is 5.29. The Bertz CT molecular complexity index is 1240. The lowest BCUT2D eigenvalue weighted by molar-refractivity contribution is -0.115. The zero-order valence-electron chi connectivity index (χ0n) is 17.6. The van der Waals surface area contributed by atoms with Crippen LogP contribution in [-0.4, -0.2) is 41.5 Å². The molecule has 0 fully saturated rings. The summed E-state index contributed by atoms with van der Waals surface area (Å²) in [5, 5.41) is 12.6. The number of hydrogen-bond acceptors (Lipinski definition) is 6. The largest absolute Gasteiger partial charge is 0.310 e. The van der Waals surface area contributed by atoms with Crippen molar-refractivity contribution in [2.45, 2.75) is 39.3 Å². The van der Waals surface area contributed by atoms with Crippen LogP contribution in [0.4, 0.5) is 5.82 Å². The van der Waals surface area contributed by atoms with Gasteiger partial charge in [0.1, 0.15) is 5.82 Å². The Balaban J connectivity index is 1.61. The molecule has 9 heteroatoms. The number of aromatic nitrogens is 6. The molecule has 0 saturated carbocycles. The normalized spacial score (nSPS) is 11.2. The van der Waals surface area contributed by atoms with Crippen molar-refractivity contribution in [3.63, 3.8) is 0 Å². The van der Waals surface area contributed by atoms with Gasteiger partial charge in [0, 0.05) is 23.0 Å². The maximum absolute atomic E-state index is 12.9. The fourth-order valence-electron chi connectivity index (χ4n) is 3.35. The smallest absolute Gasteiger partial charge is 0.253 e. The Morgan fingerprint density at radius 1 is 1.07 bits per heavy atom. The second kappa shape index (κ2) is 7.91. The van der Waals surface area contributed by atoms with Crippen LogP contribution in [-0.2, 0) is 11.2 Å². The van der Waals surface area contributed by atoms with E-state index in [9.17, 15) is 4.79 Å². The van der Waals surface area contributed by atoms with Gasteiger partial charge in [-0.3, -0.25) is 4.79 Å². The van der Waals surface area contributed by atoms with Crippen molar-refractivity contribution in [3.8, 4) is 5.69 Å². The molecule has 0 radical (unpaired) electrons. The van der Waals surface area contributed by atoms with Crippen molar-refractivity contribution >= 4 is 29.3 Å². The maximum Gasteiger partial charge on any atom is 0.253 e. The van der Waals surface area contributed by atoms with Gasteiger partial charge >= 0.3 is 0 Å². The highest BCUT2D eigenvalue weighted by atomic mass is 32.2. The van der Waals surface area contributed by atoms with E-state index in [1.807, 2.05) is 64.3 Å². The van der Waals surface area contributed by atoms with Crippen molar-refractivity contribution in [2.24, 2.45) is 0 Å². The minimum Gasteiger partial charge on any atom is -0.310 e. The van der Waals surface area contributed by atoms with Gasteiger partial charge in [-0.25, -0.2) is 14.2 Å². The summed E-state index contributed by atoms with van der Waals surface area (Å²) in [7, 11) is 0. The minimum absolute atomic E-state index is 0.138. The van der Waals surface area contributed by atoms with Crippen LogP contribution < -0.4 is 5.32 Å². The van der Waals surface area contributed by atoms with Crippen molar-refractivity contribution in [1.29, 1.82) is 0 Å². The predicted molar refractivity (Wildman–Crippen MR) is 117 cm³/mol. The van der Waals surface area contributed by atoms with Crippen LogP contribution in [0.15, 0.2) is 35.5 Å². The standard InChI is InChI=1S/C21H23N7OS/c1-12-6-8-16(9-7-12)28-18(10-13(2)25-28)23-19(29)11-17-14(3)22-20-24-21(30-5)26-27(20)15(17)4/h6-10H,11H2,1-5H3,(H,23,29). The number of anilines is 1. The molecule has 3 aromatic heterocycles. The van der Waals surface area contributed by atoms with E-state index in [0.717, 1.165) is 28.3 Å². The summed E-state index contributed by atoms with van der Waals surface area (Å²) in [6.45, 7) is 7.77. The Morgan fingerprint density at radius 2 is 1.80 bits per heavy atom. The molecule has 1 N–H and O–H groups in total. The molecule has 0 aliphatic rings. The molecule has 1 amide bonds. The molecule has 3 heterocycles. The third-order valence-corrected chi connectivity index (χ3v) is 5.47. The van der Waals surface area contributed by atoms with Gasteiger partial charge in [0.15, 0.2) is 0 Å². The van der Waals surface area contributed by atoms with Gasteiger partial charge in [0.25, 0.3) is 5.78 Å². The molecule has 154 valence electrons. The first-order valence-electron chi connectivity index (χ1n) is 9.56. The van der Waals surface area contributed by atoms with E-state index in [-0.39, 0.29) is 12.3 Å². The number of nitrogens with zero attached hydrogens (tertiary/aromatic N) is 6. The van der Waals surface area contributed by atoms with Crippen molar-refractivity contribution in [2.75, 3.05) is 11.6 Å². The highest BCUT2D eigenvalue weighted by Gasteiger charge is 2.17. The SMILES string of the molecule is CSc1nc2nc(C)c(CC(=O)Nc3cc(C)nn3-c3ccc(C)cc3)c(C)n2n1. The van der Waals surface area contributed by atoms with Crippen LogP contribution in [0.5, 0.6) is 0 Å². The number of hydrogen-bond donors (Lipinski definition) is 1. The van der Waals surface area contributed by atoms with Crippen molar-refractivity contribution in [3.05, 3.63) is 58.5 Å². The molecule has 4 rings (SSSR count). The average Bonchev–Trinajstić information content (AvgIpc) is 3.29. The number of thioether (sulfide) groups is 1. The third-order valence-electron chi connectivity index (χ3n) is 4.93. The summed E-state index contributed by atoms with van der Waals surface area (Å²) < 4.78 is 3.44. The van der Waals surface area contributed by atoms with Crippen molar-refractivity contribution in [1.82, 2.24) is 29.4 Å². The summed E-state index contributed by atoms with van der Waals surface area (Å²) in [6, 6.07) is 9.87. The molecular formula is C21H23N7OS. The van der Waals surface area contributed by atoms with Crippen LogP contribution in [0, 0.1) is 27.7 Å². The molecule has 0 unspecified atom stereocenters. The zero-order chi connectivity index (χ0) is 21.4. The summed E-state index contributed by atoms with van der Waals surface area (Å²) in [4.78, 5) is 21.8. The first-order chi connectivity index (χ1) is 14.4. The molecule has 1 aromatic carbocycles. The monoisotopic (exact) mass is 421 g/mol. The molecule has 0 aliphatic heterocycles. The van der Waals surface area contributed by atoms with Gasteiger partial charge < -0.3 is 5.32 Å². The van der Waals surface area contributed by atoms with Gasteiger partial charge in [0.05, 0.1) is 17.8 Å². The highest BCUT2D eigenvalue weighted by molar-refractivity contribution is 7.98. The fourth-order valence-corrected chi connectivity index (χ4v) is 3.69. The number of fused-ring (bicyclic) bond motifs is 1. The molecule has 0 bridgehead atoms. The van der Waals surface area contributed by atoms with E-state index < -0.39 is 0 Å². The van der Waals surface area contributed by atoms with Crippen LogP contribution >= 0.6 is 11.8 Å². The number of amides is 1. The number of rotatable bonds is 5. The van der Waals surface area contributed by atoms with E-state index in [1.54, 1.807) is 9.20 Å². The third kappa shape index (κ3) is 3.80. The average molecular weight is 422 g/mol. The van der Waals surface area contributed by atoms with Gasteiger partial charge in [0.2, 0.25) is 11.1 Å². The summed E-state index contributed by atoms with van der Waals surface area (Å²) in [5.74, 6) is 1.04. The Morgan fingerprint density at radius 3 is 2.50 bits per heavy atom. The number of aryl methyl sites for hydroxylation is 4. The quantitative estimate of drug-likeness (QED) is 0.497. The zero-order valence-corrected chi connectivity index (χ0v) is 18.4. The lowest BCUT2D eigenvalue weighted by Gasteiger charge is -2.12. The van der Waals surface area contributed by atoms with Crippen molar-refractivity contribution < 1.29 is 4.79 Å². The number of carbonyl (C=O) groups is 1. The molecular weight excluding hydrogens is 398 g/mol. The van der Waals surface area contributed by atoms with E-state index in [0.29, 0.717) is 16.8 Å². The number of benzene rings is 1. The number of carbonyl (C=O) groups excluding carboxylic acids is 1. The summed E-state index contributed by atoms with van der Waals surface area (Å²) in [6.07, 6.45) is 2.11. The second-order valence-corrected chi connectivity index (χ2v) is 7.99. The molecule has 4 aromatic rings. The van der Waals surface area contributed by atoms with E-state index >= 15 is 0 Å². The molecule has 0 aliphatic carbocycles. The van der Waals surface area contributed by atoms with Gasteiger partial charge in [-0.1, -0.05) is 29.5 Å². The first-order valence-corrected chi connectivity index (χ1v) is 10.8. The van der Waals surface area contributed by atoms with Crippen LogP contribution in [0.1, 0.15) is 28.2 Å². The maximum atomic E-state index is 12.9. The molecule has 0 atom stereocenters. The molecule has 30 heavy (non-hydrogen) atoms. The van der Waals surface area contributed by atoms with Crippen LogP contribution in [0.3, 0.4) is 0 Å². The topological polar surface area (TPSA) is 90.0 Å². The number of nitrogens with one attached hydrogen (secondary N) is 1. The molecule has 8 nitrogen and oxygen atoms in total. The van der Waals surface area contributed by atoms with E-state index in [2.05, 4.69) is 25.5 Å². The second-order valence-electron chi connectivity index (χ2n) is 7.21. The lowest BCUT2D eigenvalue weighted by Crippen LogP contribution is -2.19. The van der Waals surface area contributed by atoms with Crippen LogP contribution in [0.25, 0.3) is 11.5 Å². The minimum atomic E-state index is -0.138.